The number of nitriles is 1. The van der Waals surface area contributed by atoms with E-state index in [4.69, 9.17) is 9.72 Å². The van der Waals surface area contributed by atoms with Crippen molar-refractivity contribution in [1.82, 2.24) is 19.8 Å². The molecule has 0 aromatic carbocycles. The van der Waals surface area contributed by atoms with Gasteiger partial charge in [0.05, 0.1) is 30.8 Å². The highest BCUT2D eigenvalue weighted by Gasteiger charge is 2.35. The van der Waals surface area contributed by atoms with Gasteiger partial charge in [-0.15, -0.1) is 0 Å². The molecule has 0 saturated carbocycles. The molecular weight excluding hydrogens is 420 g/mol. The molecular formula is C20H28N6O4S. The second-order valence-electron chi connectivity index (χ2n) is 8.55. The highest BCUT2D eigenvalue weighted by molar-refractivity contribution is 7.98. The van der Waals surface area contributed by atoms with E-state index >= 15 is 0 Å². The Balaban J connectivity index is 1.87. The largest absolute Gasteiger partial charge is 0.465 e. The number of nitrogens with zero attached hydrogens (tertiary/aromatic N) is 6. The second-order valence-corrected chi connectivity index (χ2v) is 9.32. The first-order chi connectivity index (χ1) is 14.6. The van der Waals surface area contributed by atoms with Gasteiger partial charge in [0.15, 0.2) is 5.16 Å². The summed E-state index contributed by atoms with van der Waals surface area (Å²) in [5, 5.41) is 19.3. The number of ether oxygens (including phenoxy) is 1. The van der Waals surface area contributed by atoms with Crippen LogP contribution >= 0.6 is 11.8 Å². The number of amides is 2. The molecule has 1 aromatic rings. The van der Waals surface area contributed by atoms with Gasteiger partial charge < -0.3 is 24.5 Å². The molecule has 1 saturated heterocycles. The van der Waals surface area contributed by atoms with Crippen LogP contribution in [0.25, 0.3) is 0 Å². The Kier molecular flexibility index (Phi) is 6.79. The average Bonchev–Trinajstić information content (AvgIpc) is 2.71. The van der Waals surface area contributed by atoms with Gasteiger partial charge >= 0.3 is 12.2 Å². The molecule has 1 aromatic heterocycles. The van der Waals surface area contributed by atoms with Gasteiger partial charge in [0.25, 0.3) is 0 Å². The second kappa shape index (κ2) is 9.18. The van der Waals surface area contributed by atoms with Crippen LogP contribution in [0.15, 0.2) is 5.16 Å². The maximum Gasteiger partial charge on any atom is 0.410 e. The smallest absolute Gasteiger partial charge is 0.410 e. The summed E-state index contributed by atoms with van der Waals surface area (Å²) < 4.78 is 5.52. The third-order valence-electron chi connectivity index (χ3n) is 5.21. The average molecular weight is 449 g/mol. The Hall–Kier alpha value is -2.74. The summed E-state index contributed by atoms with van der Waals surface area (Å²) >= 11 is 1.40. The minimum Gasteiger partial charge on any atom is -0.465 e. The predicted octanol–water partition coefficient (Wildman–Crippen LogP) is 2.57. The lowest BCUT2D eigenvalue weighted by molar-refractivity contribution is 0.0144. The van der Waals surface area contributed by atoms with Crippen LogP contribution in [-0.4, -0.2) is 81.1 Å². The highest BCUT2D eigenvalue weighted by atomic mass is 32.2. The minimum atomic E-state index is -0.962. The van der Waals surface area contributed by atoms with E-state index in [-0.39, 0.29) is 19.0 Å². The maximum absolute atomic E-state index is 12.7. The molecule has 168 valence electrons. The molecule has 0 bridgehead atoms. The van der Waals surface area contributed by atoms with Crippen LogP contribution in [0.5, 0.6) is 0 Å². The molecule has 0 aliphatic carbocycles. The molecule has 11 heteroatoms. The summed E-state index contributed by atoms with van der Waals surface area (Å²) in [7, 11) is 0. The first-order valence-corrected chi connectivity index (χ1v) is 11.4. The van der Waals surface area contributed by atoms with E-state index in [2.05, 4.69) is 16.0 Å². The van der Waals surface area contributed by atoms with Crippen molar-refractivity contribution in [2.75, 3.05) is 37.3 Å². The quantitative estimate of drug-likeness (QED) is 0.549. The number of rotatable bonds is 3. The monoisotopic (exact) mass is 448 g/mol. The Labute approximate surface area is 186 Å². The molecule has 0 radical (unpaired) electrons. The number of piperazine rings is 1. The fourth-order valence-corrected chi connectivity index (χ4v) is 4.17. The number of carbonyl (C=O) groups excluding carboxylic acids is 1. The van der Waals surface area contributed by atoms with Gasteiger partial charge in [-0.2, -0.15) is 5.26 Å². The van der Waals surface area contributed by atoms with Crippen LogP contribution in [-0.2, 0) is 17.7 Å². The lowest BCUT2D eigenvalue weighted by atomic mass is 10.0. The summed E-state index contributed by atoms with van der Waals surface area (Å²) in [6.45, 7) is 7.47. The van der Waals surface area contributed by atoms with Crippen molar-refractivity contribution < 1.29 is 19.4 Å². The molecule has 0 spiro atoms. The highest BCUT2D eigenvalue weighted by Crippen LogP contribution is 2.31. The van der Waals surface area contributed by atoms with E-state index in [1.54, 1.807) is 4.90 Å². The minimum absolute atomic E-state index is 0.186. The molecule has 2 aliphatic heterocycles. The third kappa shape index (κ3) is 5.31. The molecule has 10 nitrogen and oxygen atoms in total. The number of thioether (sulfide) groups is 1. The van der Waals surface area contributed by atoms with Crippen LogP contribution in [0.3, 0.4) is 0 Å². The standard InChI is InChI=1S/C20H28N6O4S/c1-20(2,3)30-19(29)26-10-9-24(11-13(26)5-7-21)16-14-6-8-25(18(27)28)12-15(14)22-17(23-16)31-4/h13H,5-6,8-12H2,1-4H3,(H,27,28)/t13-/m0/s1. The van der Waals surface area contributed by atoms with Gasteiger partial charge in [0.2, 0.25) is 0 Å². The van der Waals surface area contributed by atoms with Crippen molar-refractivity contribution in [2.24, 2.45) is 0 Å². The summed E-state index contributed by atoms with van der Waals surface area (Å²) in [6, 6.07) is 1.85. The molecule has 0 unspecified atom stereocenters. The first-order valence-electron chi connectivity index (χ1n) is 10.2. The fourth-order valence-electron chi connectivity index (χ4n) is 3.79. The Morgan fingerprint density at radius 3 is 2.65 bits per heavy atom. The number of carbonyl (C=O) groups is 2. The van der Waals surface area contributed by atoms with Crippen molar-refractivity contribution in [2.45, 2.75) is 57.0 Å². The van der Waals surface area contributed by atoms with E-state index < -0.39 is 17.8 Å². The zero-order valence-corrected chi connectivity index (χ0v) is 19.1. The topological polar surface area (TPSA) is 123 Å². The van der Waals surface area contributed by atoms with Crippen molar-refractivity contribution in [3.8, 4) is 6.07 Å². The van der Waals surface area contributed by atoms with E-state index in [0.717, 1.165) is 17.1 Å². The van der Waals surface area contributed by atoms with E-state index in [1.165, 1.54) is 16.7 Å². The maximum atomic E-state index is 12.7. The molecule has 3 rings (SSSR count). The van der Waals surface area contributed by atoms with Crippen molar-refractivity contribution in [3.05, 3.63) is 11.3 Å². The van der Waals surface area contributed by atoms with Gasteiger partial charge in [-0.25, -0.2) is 19.6 Å². The molecule has 1 N–H and O–H groups in total. The van der Waals surface area contributed by atoms with Gasteiger partial charge in [-0.3, -0.25) is 0 Å². The van der Waals surface area contributed by atoms with Crippen molar-refractivity contribution >= 4 is 29.8 Å². The zero-order chi connectivity index (χ0) is 22.8. The van der Waals surface area contributed by atoms with Crippen LogP contribution < -0.4 is 4.90 Å². The predicted molar refractivity (Wildman–Crippen MR) is 115 cm³/mol. The van der Waals surface area contributed by atoms with Crippen LogP contribution in [0, 0.1) is 11.3 Å². The summed E-state index contributed by atoms with van der Waals surface area (Å²) in [5.41, 5.74) is 1.05. The molecule has 1 atom stereocenters. The molecule has 2 aliphatic rings. The van der Waals surface area contributed by atoms with Crippen LogP contribution in [0.2, 0.25) is 0 Å². The first kappa shape index (κ1) is 22.9. The summed E-state index contributed by atoms with van der Waals surface area (Å²) in [5.74, 6) is 0.770. The number of hydrogen-bond acceptors (Lipinski definition) is 8. The number of hydrogen-bond donors (Lipinski definition) is 1. The normalized spacial score (nSPS) is 18.9. The van der Waals surface area contributed by atoms with Crippen molar-refractivity contribution in [3.63, 3.8) is 0 Å². The lowest BCUT2D eigenvalue weighted by Crippen LogP contribution is -2.56. The Morgan fingerprint density at radius 1 is 1.29 bits per heavy atom. The number of fused-ring (bicyclic) bond motifs is 1. The number of aromatic nitrogens is 2. The summed E-state index contributed by atoms with van der Waals surface area (Å²) in [6.07, 6.45) is 1.21. The van der Waals surface area contributed by atoms with Gasteiger partial charge in [0.1, 0.15) is 11.4 Å². The van der Waals surface area contributed by atoms with E-state index in [9.17, 15) is 20.0 Å². The third-order valence-corrected chi connectivity index (χ3v) is 5.76. The van der Waals surface area contributed by atoms with Crippen LogP contribution in [0.4, 0.5) is 15.4 Å². The van der Waals surface area contributed by atoms with Gasteiger partial charge in [-0.1, -0.05) is 11.8 Å². The zero-order valence-electron chi connectivity index (χ0n) is 18.3. The fraction of sp³-hybridized carbons (Fsp3) is 0.650. The number of anilines is 1. The Bertz CT molecular complexity index is 897. The van der Waals surface area contributed by atoms with Crippen LogP contribution in [0.1, 0.15) is 38.4 Å². The Morgan fingerprint density at radius 2 is 2.03 bits per heavy atom. The molecule has 31 heavy (non-hydrogen) atoms. The van der Waals surface area contributed by atoms with Gasteiger partial charge in [-0.05, 0) is 33.4 Å². The molecule has 2 amide bonds. The molecule has 1 fully saturated rings. The van der Waals surface area contributed by atoms with E-state index in [1.807, 2.05) is 27.0 Å². The SMILES string of the molecule is CSc1nc2c(c(N3CCN(C(=O)OC(C)(C)C)[C@@H](CC#N)C3)n1)CCN(C(=O)O)C2. The van der Waals surface area contributed by atoms with E-state index in [0.29, 0.717) is 37.8 Å². The summed E-state index contributed by atoms with van der Waals surface area (Å²) in [4.78, 5) is 38.4. The van der Waals surface area contributed by atoms with Crippen molar-refractivity contribution in [1.29, 1.82) is 5.26 Å². The number of carboxylic acid groups (broad SMARTS) is 1. The van der Waals surface area contributed by atoms with Gasteiger partial charge in [0, 0.05) is 31.7 Å². The molecule has 3 heterocycles. The lowest BCUT2D eigenvalue weighted by Gasteiger charge is -2.42.